The van der Waals surface area contributed by atoms with Crippen molar-refractivity contribution < 1.29 is 14.3 Å². The van der Waals surface area contributed by atoms with E-state index in [1.807, 2.05) is 31.2 Å². The minimum atomic E-state index is -0.640. The normalized spacial score (nSPS) is 34.6. The van der Waals surface area contributed by atoms with E-state index in [2.05, 4.69) is 10.6 Å². The van der Waals surface area contributed by atoms with Crippen LogP contribution in [-0.4, -0.2) is 29.5 Å². The fourth-order valence-corrected chi connectivity index (χ4v) is 6.50. The molecule has 1 aromatic rings. The van der Waals surface area contributed by atoms with Gasteiger partial charge in [0, 0.05) is 23.1 Å². The van der Waals surface area contributed by atoms with Crippen LogP contribution in [0.4, 0.5) is 0 Å². The Morgan fingerprint density at radius 3 is 2.26 bits per heavy atom. The van der Waals surface area contributed by atoms with Crippen LogP contribution in [0.2, 0.25) is 0 Å². The van der Waals surface area contributed by atoms with Crippen molar-refractivity contribution in [3.8, 4) is 5.75 Å². The zero-order valence-corrected chi connectivity index (χ0v) is 18.8. The first-order valence-corrected chi connectivity index (χ1v) is 12.3. The molecular weight excluding hydrogens is 388 g/mol. The van der Waals surface area contributed by atoms with Crippen LogP contribution in [0.1, 0.15) is 89.5 Å². The summed E-state index contributed by atoms with van der Waals surface area (Å²) in [6.07, 6.45) is 13.5. The van der Waals surface area contributed by atoms with Gasteiger partial charge in [-0.2, -0.15) is 0 Å². The van der Waals surface area contributed by atoms with Crippen LogP contribution >= 0.6 is 0 Å². The van der Waals surface area contributed by atoms with Gasteiger partial charge in [0.1, 0.15) is 17.8 Å². The van der Waals surface area contributed by atoms with Crippen molar-refractivity contribution in [3.05, 3.63) is 29.8 Å². The molecule has 0 aromatic heterocycles. The minimum Gasteiger partial charge on any atom is -0.492 e. The highest BCUT2D eigenvalue weighted by Gasteiger charge is 2.69. The third kappa shape index (κ3) is 3.85. The summed E-state index contributed by atoms with van der Waals surface area (Å²) in [6.45, 7) is 2.35. The van der Waals surface area contributed by atoms with E-state index < -0.39 is 5.41 Å². The lowest BCUT2D eigenvalue weighted by atomic mass is 9.44. The molecule has 6 rings (SSSR count). The Labute approximate surface area is 185 Å². The molecule has 1 aromatic carbocycles. The Bertz CT molecular complexity index is 836. The zero-order chi connectivity index (χ0) is 21.5. The monoisotopic (exact) mass is 424 g/mol. The maximum Gasteiger partial charge on any atom is 0.234 e. The summed E-state index contributed by atoms with van der Waals surface area (Å²) in [5.74, 6) is 1.62. The molecule has 2 bridgehead atoms. The second-order valence-corrected chi connectivity index (χ2v) is 11.0. The average Bonchev–Trinajstić information content (AvgIpc) is 3.10. The van der Waals surface area contributed by atoms with Crippen LogP contribution in [0.3, 0.4) is 0 Å². The Morgan fingerprint density at radius 1 is 0.935 bits per heavy atom. The molecule has 4 fully saturated rings. The number of benzene rings is 1. The molecule has 2 amide bonds. The number of para-hydroxylation sites is 1. The Hall–Kier alpha value is -2.04. The molecule has 5 aliphatic rings. The Kier molecular flexibility index (Phi) is 5.26. The van der Waals surface area contributed by atoms with Gasteiger partial charge in [-0.3, -0.25) is 9.59 Å². The molecule has 168 valence electrons. The van der Waals surface area contributed by atoms with E-state index in [4.69, 9.17) is 4.74 Å². The van der Waals surface area contributed by atoms with E-state index in [1.54, 1.807) is 0 Å². The van der Waals surface area contributed by atoms with Crippen LogP contribution in [0.25, 0.3) is 0 Å². The van der Waals surface area contributed by atoms with Crippen molar-refractivity contribution in [1.29, 1.82) is 0 Å². The van der Waals surface area contributed by atoms with Gasteiger partial charge < -0.3 is 15.4 Å². The third-order valence-electron chi connectivity index (χ3n) is 8.26. The summed E-state index contributed by atoms with van der Waals surface area (Å²) in [6, 6.07) is 7.82. The summed E-state index contributed by atoms with van der Waals surface area (Å²) in [5.41, 5.74) is 0.119. The zero-order valence-electron chi connectivity index (χ0n) is 18.8. The van der Waals surface area contributed by atoms with Gasteiger partial charge in [-0.25, -0.2) is 0 Å². The van der Waals surface area contributed by atoms with Gasteiger partial charge in [-0.05, 0) is 51.0 Å². The van der Waals surface area contributed by atoms with E-state index in [-0.39, 0.29) is 22.9 Å². The average molecular weight is 425 g/mol. The van der Waals surface area contributed by atoms with E-state index in [0.29, 0.717) is 18.9 Å². The molecule has 4 saturated carbocycles. The fraction of sp³-hybridized carbons (Fsp3) is 0.692. The molecular formula is C26H36N2O3. The number of fused-ring (bicyclic) bond motifs is 1. The number of ether oxygens (including phenoxy) is 1. The van der Waals surface area contributed by atoms with Crippen LogP contribution in [0.15, 0.2) is 24.3 Å². The molecule has 5 nitrogen and oxygen atoms in total. The second kappa shape index (κ2) is 7.83. The van der Waals surface area contributed by atoms with Crippen LogP contribution in [-0.2, 0) is 15.0 Å². The van der Waals surface area contributed by atoms with Gasteiger partial charge in [-0.15, -0.1) is 0 Å². The van der Waals surface area contributed by atoms with Crippen molar-refractivity contribution in [2.45, 2.75) is 100 Å². The van der Waals surface area contributed by atoms with E-state index in [9.17, 15) is 9.59 Å². The smallest absolute Gasteiger partial charge is 0.234 e. The van der Waals surface area contributed by atoms with Crippen molar-refractivity contribution in [2.75, 3.05) is 6.61 Å². The largest absolute Gasteiger partial charge is 0.492 e. The SMILES string of the molecule is CC1(C(=O)NC23CC(NC(=O)CC4CCCCCCCC4)(C2)C3)COc2ccccc21. The Balaban J connectivity index is 1.11. The van der Waals surface area contributed by atoms with E-state index >= 15 is 0 Å². The molecule has 1 aliphatic heterocycles. The summed E-state index contributed by atoms with van der Waals surface area (Å²) in [7, 11) is 0. The molecule has 0 saturated heterocycles. The molecule has 0 radical (unpaired) electrons. The topological polar surface area (TPSA) is 67.4 Å². The molecule has 2 N–H and O–H groups in total. The maximum absolute atomic E-state index is 13.2. The van der Waals surface area contributed by atoms with Gasteiger partial charge in [0.25, 0.3) is 0 Å². The van der Waals surface area contributed by atoms with Gasteiger partial charge in [0.05, 0.1) is 0 Å². The summed E-state index contributed by atoms with van der Waals surface area (Å²) in [5, 5.41) is 6.65. The quantitative estimate of drug-likeness (QED) is 0.737. The third-order valence-corrected chi connectivity index (χ3v) is 8.26. The predicted octanol–water partition coefficient (Wildman–Crippen LogP) is 4.38. The van der Waals surface area contributed by atoms with Gasteiger partial charge in [-0.1, -0.05) is 56.7 Å². The molecule has 5 heteroatoms. The maximum atomic E-state index is 13.2. The van der Waals surface area contributed by atoms with Crippen molar-refractivity contribution in [1.82, 2.24) is 10.6 Å². The van der Waals surface area contributed by atoms with Crippen LogP contribution in [0, 0.1) is 5.92 Å². The molecule has 0 spiro atoms. The molecule has 31 heavy (non-hydrogen) atoms. The lowest BCUT2D eigenvalue weighted by Gasteiger charge is -2.70. The molecule has 1 unspecified atom stereocenters. The number of nitrogens with one attached hydrogen (secondary N) is 2. The minimum absolute atomic E-state index is 0.0441. The number of hydrogen-bond acceptors (Lipinski definition) is 3. The number of carbonyl (C=O) groups excluding carboxylic acids is 2. The van der Waals surface area contributed by atoms with Gasteiger partial charge in [0.2, 0.25) is 11.8 Å². The highest BCUT2D eigenvalue weighted by molar-refractivity contribution is 5.91. The first-order chi connectivity index (χ1) is 14.9. The first-order valence-electron chi connectivity index (χ1n) is 12.3. The summed E-state index contributed by atoms with van der Waals surface area (Å²) < 4.78 is 5.77. The van der Waals surface area contributed by atoms with Gasteiger partial charge in [0.15, 0.2) is 0 Å². The molecule has 4 aliphatic carbocycles. The van der Waals surface area contributed by atoms with Crippen molar-refractivity contribution >= 4 is 11.8 Å². The lowest BCUT2D eigenvalue weighted by molar-refractivity contribution is -0.152. The second-order valence-electron chi connectivity index (χ2n) is 11.0. The highest BCUT2D eigenvalue weighted by atomic mass is 16.5. The first kappa shape index (κ1) is 20.8. The van der Waals surface area contributed by atoms with Gasteiger partial charge >= 0.3 is 0 Å². The summed E-state index contributed by atoms with van der Waals surface area (Å²) in [4.78, 5) is 25.9. The number of amides is 2. The number of rotatable bonds is 5. The molecule has 1 atom stereocenters. The lowest BCUT2D eigenvalue weighted by Crippen LogP contribution is -2.84. The van der Waals surface area contributed by atoms with E-state index in [1.165, 1.54) is 51.4 Å². The Morgan fingerprint density at radius 2 is 1.55 bits per heavy atom. The predicted molar refractivity (Wildman–Crippen MR) is 120 cm³/mol. The van der Waals surface area contributed by atoms with E-state index in [0.717, 1.165) is 30.6 Å². The van der Waals surface area contributed by atoms with Crippen LogP contribution in [0.5, 0.6) is 5.75 Å². The van der Waals surface area contributed by atoms with Crippen LogP contribution < -0.4 is 15.4 Å². The molecule has 1 heterocycles. The highest BCUT2D eigenvalue weighted by Crippen LogP contribution is 2.60. The standard InChI is InChI=1S/C26H36N2O3/c1-24(18-31-21-13-9-8-12-20(21)24)23(30)28-26-15-25(16-26,17-26)27-22(29)14-19-10-6-4-2-3-5-7-11-19/h8-9,12-13,19H,2-7,10-11,14-18H2,1H3,(H,27,29)(H,28,30). The number of carbonyl (C=O) groups is 2. The fourth-order valence-electron chi connectivity index (χ4n) is 6.50. The number of hydrogen-bond donors (Lipinski definition) is 2. The van der Waals surface area contributed by atoms with Crippen molar-refractivity contribution in [3.63, 3.8) is 0 Å². The summed E-state index contributed by atoms with van der Waals surface area (Å²) >= 11 is 0. The van der Waals surface area contributed by atoms with Crippen molar-refractivity contribution in [2.24, 2.45) is 5.92 Å².